The van der Waals surface area contributed by atoms with Crippen LogP contribution >= 0.6 is 22.9 Å². The molecule has 0 aliphatic carbocycles. The fraction of sp³-hybridized carbons (Fsp3) is 0.615. The Morgan fingerprint density at radius 3 is 3.11 bits per heavy atom. The molecular formula is C13H17ClN2OS. The number of halogens is 1. The zero-order valence-corrected chi connectivity index (χ0v) is 11.8. The van der Waals surface area contributed by atoms with Crippen LogP contribution in [0, 0.1) is 5.92 Å². The van der Waals surface area contributed by atoms with Gasteiger partial charge in [0.2, 0.25) is 5.91 Å². The molecule has 2 aliphatic rings. The number of thiophene rings is 1. The minimum Gasteiger partial charge on any atom is -0.334 e. The van der Waals surface area contributed by atoms with E-state index in [0.29, 0.717) is 24.3 Å². The molecule has 2 fully saturated rings. The Labute approximate surface area is 116 Å². The third kappa shape index (κ3) is 2.42. The lowest BCUT2D eigenvalue weighted by Gasteiger charge is -2.44. The maximum atomic E-state index is 12.1. The highest BCUT2D eigenvalue weighted by Crippen LogP contribution is 2.31. The fourth-order valence-corrected chi connectivity index (χ4v) is 4.15. The highest BCUT2D eigenvalue weighted by molar-refractivity contribution is 7.16. The number of piperidine rings is 2. The van der Waals surface area contributed by atoms with Crippen LogP contribution in [0.5, 0.6) is 0 Å². The van der Waals surface area contributed by atoms with E-state index in [9.17, 15) is 4.79 Å². The molecule has 1 aromatic heterocycles. The van der Waals surface area contributed by atoms with E-state index in [2.05, 4.69) is 10.2 Å². The van der Waals surface area contributed by atoms with Gasteiger partial charge in [-0.3, -0.25) is 4.79 Å². The second kappa shape index (κ2) is 5.19. The summed E-state index contributed by atoms with van der Waals surface area (Å²) in [6.07, 6.45) is 2.82. The minimum absolute atomic E-state index is 0.308. The average molecular weight is 285 g/mol. The van der Waals surface area contributed by atoms with Crippen LogP contribution in [0.2, 0.25) is 4.34 Å². The van der Waals surface area contributed by atoms with Crippen molar-refractivity contribution < 1.29 is 4.79 Å². The maximum absolute atomic E-state index is 12.1. The molecule has 0 aromatic carbocycles. The lowest BCUT2D eigenvalue weighted by atomic mass is 9.84. The van der Waals surface area contributed by atoms with E-state index in [4.69, 9.17) is 11.6 Å². The predicted molar refractivity (Wildman–Crippen MR) is 73.9 cm³/mol. The van der Waals surface area contributed by atoms with Crippen molar-refractivity contribution in [3.8, 4) is 0 Å². The van der Waals surface area contributed by atoms with Gasteiger partial charge in [-0.25, -0.2) is 0 Å². The molecule has 0 bridgehead atoms. The highest BCUT2D eigenvalue weighted by atomic mass is 35.5. The number of nitrogens with zero attached hydrogens (tertiary/aromatic N) is 1. The molecule has 2 unspecified atom stereocenters. The molecule has 1 amide bonds. The van der Waals surface area contributed by atoms with Crippen LogP contribution in [-0.4, -0.2) is 29.9 Å². The zero-order valence-electron chi connectivity index (χ0n) is 10.2. The third-order valence-corrected chi connectivity index (χ3v) is 5.19. The normalized spacial score (nSPS) is 28.3. The summed E-state index contributed by atoms with van der Waals surface area (Å²) in [6, 6.07) is 4.37. The summed E-state index contributed by atoms with van der Waals surface area (Å²) in [5, 5.41) is 3.43. The number of carbonyl (C=O) groups excluding carboxylic acids is 1. The van der Waals surface area contributed by atoms with Crippen molar-refractivity contribution in [2.24, 2.45) is 5.92 Å². The van der Waals surface area contributed by atoms with Gasteiger partial charge in [-0.1, -0.05) is 11.6 Å². The number of hydrogen-bond donors (Lipinski definition) is 1. The van der Waals surface area contributed by atoms with Crippen molar-refractivity contribution in [2.45, 2.75) is 31.8 Å². The summed E-state index contributed by atoms with van der Waals surface area (Å²) in [7, 11) is 0. The monoisotopic (exact) mass is 284 g/mol. The van der Waals surface area contributed by atoms with Gasteiger partial charge < -0.3 is 10.2 Å². The van der Waals surface area contributed by atoms with Crippen molar-refractivity contribution >= 4 is 28.8 Å². The summed E-state index contributed by atoms with van der Waals surface area (Å²) in [5.74, 6) is 0.939. The smallest absolute Gasteiger partial charge is 0.223 e. The first-order valence-corrected chi connectivity index (χ1v) is 7.68. The van der Waals surface area contributed by atoms with Gasteiger partial charge in [-0.15, -0.1) is 11.3 Å². The zero-order chi connectivity index (χ0) is 12.5. The van der Waals surface area contributed by atoms with Gasteiger partial charge >= 0.3 is 0 Å². The second-order valence-corrected chi connectivity index (χ2v) is 6.89. The van der Waals surface area contributed by atoms with Crippen LogP contribution in [0.3, 0.4) is 0 Å². The molecule has 3 heterocycles. The van der Waals surface area contributed by atoms with E-state index in [0.717, 1.165) is 36.8 Å². The number of carbonyl (C=O) groups is 1. The first-order valence-electron chi connectivity index (χ1n) is 6.48. The standard InChI is InChI=1S/C13H17ClN2OS/c14-12-3-2-10(18-12)8-16-11-5-6-15-7-9(11)1-4-13(16)17/h2-3,9,11,15H,1,4-8H2. The van der Waals surface area contributed by atoms with Crippen molar-refractivity contribution in [3.05, 3.63) is 21.3 Å². The lowest BCUT2D eigenvalue weighted by molar-refractivity contribution is -0.140. The first kappa shape index (κ1) is 12.5. The molecular weight excluding hydrogens is 268 g/mol. The van der Waals surface area contributed by atoms with E-state index in [-0.39, 0.29) is 0 Å². The quantitative estimate of drug-likeness (QED) is 0.905. The van der Waals surface area contributed by atoms with Crippen molar-refractivity contribution in [3.63, 3.8) is 0 Å². The van der Waals surface area contributed by atoms with Crippen LogP contribution in [0.15, 0.2) is 12.1 Å². The van der Waals surface area contributed by atoms with E-state index in [1.807, 2.05) is 12.1 Å². The number of hydrogen-bond acceptors (Lipinski definition) is 3. The van der Waals surface area contributed by atoms with E-state index < -0.39 is 0 Å². The summed E-state index contributed by atoms with van der Waals surface area (Å²) in [4.78, 5) is 15.4. The second-order valence-electron chi connectivity index (χ2n) is 5.09. The average Bonchev–Trinajstić information content (AvgIpc) is 2.79. The van der Waals surface area contributed by atoms with E-state index in [1.165, 1.54) is 4.88 Å². The Hall–Kier alpha value is -0.580. The van der Waals surface area contributed by atoms with Gasteiger partial charge in [0.1, 0.15) is 0 Å². The summed E-state index contributed by atoms with van der Waals surface area (Å²) < 4.78 is 0.802. The molecule has 2 aliphatic heterocycles. The molecule has 98 valence electrons. The number of fused-ring (bicyclic) bond motifs is 1. The Bertz CT molecular complexity index is 448. The molecule has 0 radical (unpaired) electrons. The Morgan fingerprint density at radius 2 is 2.33 bits per heavy atom. The Balaban J connectivity index is 1.76. The maximum Gasteiger partial charge on any atom is 0.223 e. The lowest BCUT2D eigenvalue weighted by Crippen LogP contribution is -2.54. The Kier molecular flexibility index (Phi) is 3.59. The van der Waals surface area contributed by atoms with Gasteiger partial charge in [0.25, 0.3) is 0 Å². The van der Waals surface area contributed by atoms with Crippen LogP contribution in [0.25, 0.3) is 0 Å². The van der Waals surface area contributed by atoms with Crippen molar-refractivity contribution in [1.82, 2.24) is 10.2 Å². The van der Waals surface area contributed by atoms with E-state index >= 15 is 0 Å². The largest absolute Gasteiger partial charge is 0.334 e. The van der Waals surface area contributed by atoms with Gasteiger partial charge in [-0.2, -0.15) is 0 Å². The fourth-order valence-electron chi connectivity index (χ4n) is 3.06. The molecule has 3 nitrogen and oxygen atoms in total. The summed E-state index contributed by atoms with van der Waals surface area (Å²) in [5.41, 5.74) is 0. The van der Waals surface area contributed by atoms with Crippen molar-refractivity contribution in [2.75, 3.05) is 13.1 Å². The highest BCUT2D eigenvalue weighted by Gasteiger charge is 2.37. The molecule has 1 aromatic rings. The van der Waals surface area contributed by atoms with Crippen LogP contribution in [-0.2, 0) is 11.3 Å². The molecule has 18 heavy (non-hydrogen) atoms. The van der Waals surface area contributed by atoms with Gasteiger partial charge in [-0.05, 0) is 44.0 Å². The van der Waals surface area contributed by atoms with Crippen molar-refractivity contribution in [1.29, 1.82) is 0 Å². The molecule has 2 saturated heterocycles. The molecule has 2 atom stereocenters. The SMILES string of the molecule is O=C1CCC2CNCCC2N1Cc1ccc(Cl)s1. The molecule has 3 rings (SSSR count). The molecule has 0 spiro atoms. The molecule has 1 N–H and O–H groups in total. The van der Waals surface area contributed by atoms with Gasteiger partial charge in [0, 0.05) is 17.3 Å². The predicted octanol–water partition coefficient (Wildman–Crippen LogP) is 2.50. The molecule has 0 saturated carbocycles. The topological polar surface area (TPSA) is 32.3 Å². The number of amides is 1. The minimum atomic E-state index is 0.308. The number of likely N-dealkylation sites (tertiary alicyclic amines) is 1. The van der Waals surface area contributed by atoms with Crippen LogP contribution in [0.4, 0.5) is 0 Å². The van der Waals surface area contributed by atoms with Gasteiger partial charge in [0.05, 0.1) is 10.9 Å². The van der Waals surface area contributed by atoms with Gasteiger partial charge in [0.15, 0.2) is 0 Å². The summed E-state index contributed by atoms with van der Waals surface area (Å²) >= 11 is 7.54. The Morgan fingerprint density at radius 1 is 1.44 bits per heavy atom. The first-order chi connectivity index (χ1) is 8.74. The molecule has 5 heteroatoms. The number of nitrogens with one attached hydrogen (secondary N) is 1. The summed E-state index contributed by atoms with van der Waals surface area (Å²) in [6.45, 7) is 2.81. The van der Waals surface area contributed by atoms with E-state index in [1.54, 1.807) is 11.3 Å². The third-order valence-electron chi connectivity index (χ3n) is 3.97. The number of rotatable bonds is 2. The van der Waals surface area contributed by atoms with Crippen LogP contribution in [0.1, 0.15) is 24.1 Å². The van der Waals surface area contributed by atoms with Crippen LogP contribution < -0.4 is 5.32 Å².